The molecule has 3 heterocycles. The molecule has 2 aromatic heterocycles. The van der Waals surface area contributed by atoms with Crippen LogP contribution in [0.2, 0.25) is 0 Å². The number of amides is 2. The number of hydrogen-bond donors (Lipinski definition) is 0. The van der Waals surface area contributed by atoms with Crippen molar-refractivity contribution < 1.29 is 14.0 Å². The van der Waals surface area contributed by atoms with Gasteiger partial charge in [-0.2, -0.15) is 0 Å². The van der Waals surface area contributed by atoms with Gasteiger partial charge in [0.1, 0.15) is 0 Å². The summed E-state index contributed by atoms with van der Waals surface area (Å²) >= 11 is 1.38. The highest BCUT2D eigenvalue weighted by Crippen LogP contribution is 2.26. The summed E-state index contributed by atoms with van der Waals surface area (Å²) in [6, 6.07) is 13.7. The van der Waals surface area contributed by atoms with Crippen molar-refractivity contribution in [2.75, 3.05) is 31.9 Å². The van der Waals surface area contributed by atoms with Crippen LogP contribution in [0.3, 0.4) is 0 Å². The van der Waals surface area contributed by atoms with Gasteiger partial charge in [-0.05, 0) is 30.0 Å². The highest BCUT2D eigenvalue weighted by Gasteiger charge is 2.25. The Kier molecular flexibility index (Phi) is 8.05. The molecular weight excluding hydrogens is 450 g/mol. The Morgan fingerprint density at radius 1 is 0.971 bits per heavy atom. The van der Waals surface area contributed by atoms with Crippen molar-refractivity contribution in [3.05, 3.63) is 54.3 Å². The molecule has 0 spiro atoms. The highest BCUT2D eigenvalue weighted by molar-refractivity contribution is 7.99. The number of piperazine rings is 1. The lowest BCUT2D eigenvalue weighted by molar-refractivity contribution is -0.138. The molecule has 0 unspecified atom stereocenters. The average molecular weight is 482 g/mol. The molecule has 2 amide bonds. The Balaban J connectivity index is 1.36. The first-order chi connectivity index (χ1) is 16.5. The van der Waals surface area contributed by atoms with Crippen molar-refractivity contribution in [1.29, 1.82) is 0 Å². The van der Waals surface area contributed by atoms with E-state index in [1.54, 1.807) is 6.26 Å². The number of rotatable bonds is 9. The summed E-state index contributed by atoms with van der Waals surface area (Å²) in [7, 11) is 0. The molecule has 0 atom stereocenters. The van der Waals surface area contributed by atoms with E-state index in [2.05, 4.69) is 24.0 Å². The van der Waals surface area contributed by atoms with E-state index in [-0.39, 0.29) is 17.6 Å². The predicted molar refractivity (Wildman–Crippen MR) is 131 cm³/mol. The number of thioether (sulfide) groups is 1. The van der Waals surface area contributed by atoms with Gasteiger partial charge in [-0.25, -0.2) is 0 Å². The van der Waals surface area contributed by atoms with Crippen LogP contribution in [-0.2, 0) is 16.1 Å². The van der Waals surface area contributed by atoms with Gasteiger partial charge >= 0.3 is 0 Å². The molecular formula is C25H31N5O3S. The molecule has 0 N–H and O–H groups in total. The lowest BCUT2D eigenvalue weighted by Gasteiger charge is -2.35. The van der Waals surface area contributed by atoms with E-state index >= 15 is 0 Å². The van der Waals surface area contributed by atoms with E-state index in [4.69, 9.17) is 4.42 Å². The van der Waals surface area contributed by atoms with Gasteiger partial charge in [-0.15, -0.1) is 10.2 Å². The number of nitrogens with zero attached hydrogens (tertiary/aromatic N) is 5. The molecule has 4 rings (SSSR count). The van der Waals surface area contributed by atoms with Crippen molar-refractivity contribution in [3.63, 3.8) is 0 Å². The first-order valence-corrected chi connectivity index (χ1v) is 12.7. The Hall–Kier alpha value is -3.07. The summed E-state index contributed by atoms with van der Waals surface area (Å²) in [5.74, 6) is 2.30. The first-order valence-electron chi connectivity index (χ1n) is 11.7. The van der Waals surface area contributed by atoms with Crippen LogP contribution in [0.4, 0.5) is 0 Å². The Bertz CT molecular complexity index is 1070. The monoisotopic (exact) mass is 481 g/mol. The van der Waals surface area contributed by atoms with Crippen LogP contribution in [0.1, 0.15) is 32.3 Å². The molecule has 1 saturated heterocycles. The smallest absolute Gasteiger partial charge is 0.233 e. The molecule has 3 aromatic rings. The van der Waals surface area contributed by atoms with Crippen LogP contribution in [0.15, 0.2) is 58.3 Å². The SMILES string of the molecule is CC(C)CCC(=O)N1CCN(C(=O)CSc2nnc(-c3ccco3)n2Cc2ccccc2)CC1. The van der Waals surface area contributed by atoms with Crippen LogP contribution in [0.5, 0.6) is 0 Å². The Labute approximate surface area is 204 Å². The van der Waals surface area contributed by atoms with Gasteiger partial charge in [-0.1, -0.05) is 55.9 Å². The van der Waals surface area contributed by atoms with E-state index in [0.29, 0.717) is 61.8 Å². The minimum atomic E-state index is 0.0492. The molecule has 180 valence electrons. The van der Waals surface area contributed by atoms with Gasteiger partial charge in [0.2, 0.25) is 17.6 Å². The van der Waals surface area contributed by atoms with Crippen LogP contribution in [-0.4, -0.2) is 68.3 Å². The molecule has 9 heteroatoms. The molecule has 0 aliphatic carbocycles. The third-order valence-corrected chi connectivity index (χ3v) is 6.84. The lowest BCUT2D eigenvalue weighted by atomic mass is 10.1. The van der Waals surface area contributed by atoms with E-state index in [1.165, 1.54) is 11.8 Å². The zero-order chi connectivity index (χ0) is 23.9. The van der Waals surface area contributed by atoms with Crippen molar-refractivity contribution >= 4 is 23.6 Å². The summed E-state index contributed by atoms with van der Waals surface area (Å²) in [6.07, 6.45) is 3.09. The van der Waals surface area contributed by atoms with Crippen molar-refractivity contribution in [1.82, 2.24) is 24.6 Å². The zero-order valence-corrected chi connectivity index (χ0v) is 20.5. The second-order valence-electron chi connectivity index (χ2n) is 8.84. The van der Waals surface area contributed by atoms with E-state index in [0.717, 1.165) is 12.0 Å². The van der Waals surface area contributed by atoms with Crippen molar-refractivity contribution in [3.8, 4) is 11.6 Å². The van der Waals surface area contributed by atoms with Gasteiger partial charge in [0.05, 0.1) is 18.6 Å². The molecule has 0 radical (unpaired) electrons. The lowest BCUT2D eigenvalue weighted by Crippen LogP contribution is -2.51. The second kappa shape index (κ2) is 11.4. The van der Waals surface area contributed by atoms with Crippen LogP contribution in [0, 0.1) is 5.92 Å². The Morgan fingerprint density at radius 2 is 1.68 bits per heavy atom. The van der Waals surface area contributed by atoms with Crippen LogP contribution < -0.4 is 0 Å². The third-order valence-electron chi connectivity index (χ3n) is 5.89. The fraction of sp³-hybridized carbons (Fsp3) is 0.440. The molecule has 34 heavy (non-hydrogen) atoms. The van der Waals surface area contributed by atoms with E-state index in [9.17, 15) is 9.59 Å². The number of aromatic nitrogens is 3. The quantitative estimate of drug-likeness (QED) is 0.433. The fourth-order valence-electron chi connectivity index (χ4n) is 3.89. The standard InChI is InChI=1S/C25H31N5O3S/c1-19(2)10-11-22(31)28-12-14-29(15-13-28)23(32)18-34-25-27-26-24(21-9-6-16-33-21)30(25)17-20-7-4-3-5-8-20/h3-9,16,19H,10-15,17-18H2,1-2H3. The normalized spacial score (nSPS) is 14.1. The average Bonchev–Trinajstić information content (AvgIpc) is 3.52. The number of hydrogen-bond acceptors (Lipinski definition) is 6. The van der Waals surface area contributed by atoms with Gasteiger partial charge in [-0.3, -0.25) is 14.2 Å². The number of carbonyl (C=O) groups excluding carboxylic acids is 2. The largest absolute Gasteiger partial charge is 0.461 e. The number of carbonyl (C=O) groups is 2. The minimum absolute atomic E-state index is 0.0492. The van der Waals surface area contributed by atoms with Crippen molar-refractivity contribution in [2.24, 2.45) is 5.92 Å². The minimum Gasteiger partial charge on any atom is -0.461 e. The molecule has 1 aliphatic rings. The second-order valence-corrected chi connectivity index (χ2v) is 9.78. The van der Waals surface area contributed by atoms with E-state index < -0.39 is 0 Å². The zero-order valence-electron chi connectivity index (χ0n) is 19.7. The maximum absolute atomic E-state index is 12.9. The Morgan fingerprint density at radius 3 is 2.32 bits per heavy atom. The summed E-state index contributed by atoms with van der Waals surface area (Å²) in [4.78, 5) is 29.0. The maximum atomic E-state index is 12.9. The van der Waals surface area contributed by atoms with Gasteiger partial charge < -0.3 is 14.2 Å². The number of benzene rings is 1. The van der Waals surface area contributed by atoms with Gasteiger partial charge in [0.15, 0.2) is 10.9 Å². The molecule has 0 saturated carbocycles. The summed E-state index contributed by atoms with van der Waals surface area (Å²) in [5.41, 5.74) is 1.11. The van der Waals surface area contributed by atoms with E-state index in [1.807, 2.05) is 56.8 Å². The molecule has 1 aromatic carbocycles. The summed E-state index contributed by atoms with van der Waals surface area (Å²) < 4.78 is 7.54. The fourth-order valence-corrected chi connectivity index (χ4v) is 4.73. The summed E-state index contributed by atoms with van der Waals surface area (Å²) in [5, 5.41) is 9.35. The number of furan rings is 1. The van der Waals surface area contributed by atoms with Crippen molar-refractivity contribution in [2.45, 2.75) is 38.4 Å². The maximum Gasteiger partial charge on any atom is 0.233 e. The molecule has 1 aliphatic heterocycles. The van der Waals surface area contributed by atoms with Crippen LogP contribution >= 0.6 is 11.8 Å². The van der Waals surface area contributed by atoms with Gasteiger partial charge in [0, 0.05) is 32.6 Å². The molecule has 8 nitrogen and oxygen atoms in total. The van der Waals surface area contributed by atoms with Crippen LogP contribution in [0.25, 0.3) is 11.6 Å². The third kappa shape index (κ3) is 6.08. The molecule has 0 bridgehead atoms. The topological polar surface area (TPSA) is 84.5 Å². The van der Waals surface area contributed by atoms with Gasteiger partial charge in [0.25, 0.3) is 0 Å². The highest BCUT2D eigenvalue weighted by atomic mass is 32.2. The molecule has 1 fully saturated rings. The summed E-state index contributed by atoms with van der Waals surface area (Å²) in [6.45, 7) is 7.17. The first kappa shape index (κ1) is 24.1. The predicted octanol–water partition coefficient (Wildman–Crippen LogP) is 3.79.